The molecule has 4 aromatic rings. The van der Waals surface area contributed by atoms with Crippen LogP contribution in [-0.2, 0) is 6.42 Å². The van der Waals surface area contributed by atoms with Crippen LogP contribution in [0.5, 0.6) is 0 Å². The highest BCUT2D eigenvalue weighted by molar-refractivity contribution is 6.05. The first-order chi connectivity index (χ1) is 13.3. The maximum absolute atomic E-state index is 12.8. The van der Waals surface area contributed by atoms with Gasteiger partial charge in [0.15, 0.2) is 0 Å². The predicted octanol–water partition coefficient (Wildman–Crippen LogP) is 3.87. The van der Waals surface area contributed by atoms with Gasteiger partial charge in [-0.2, -0.15) is 5.10 Å². The van der Waals surface area contributed by atoms with Crippen molar-refractivity contribution >= 4 is 11.6 Å². The molecule has 1 N–H and O–H groups in total. The second-order valence-electron chi connectivity index (χ2n) is 6.08. The Kier molecular flexibility index (Phi) is 4.53. The van der Waals surface area contributed by atoms with Gasteiger partial charge < -0.3 is 9.88 Å². The lowest BCUT2D eigenvalue weighted by Crippen LogP contribution is -2.14. The summed E-state index contributed by atoms with van der Waals surface area (Å²) in [5, 5.41) is 7.37. The van der Waals surface area contributed by atoms with Gasteiger partial charge in [0.05, 0.1) is 29.5 Å². The van der Waals surface area contributed by atoms with E-state index in [4.69, 9.17) is 0 Å². The third kappa shape index (κ3) is 3.37. The zero-order valence-electron chi connectivity index (χ0n) is 14.9. The number of nitrogens with zero attached hydrogens (tertiary/aromatic N) is 4. The molecule has 0 aliphatic rings. The molecule has 2 aromatic heterocycles. The minimum atomic E-state index is -0.163. The molecule has 6 heteroatoms. The Bertz CT molecular complexity index is 1030. The molecule has 134 valence electrons. The van der Waals surface area contributed by atoms with Gasteiger partial charge in [-0.15, -0.1) is 0 Å². The minimum absolute atomic E-state index is 0.163. The number of hydrogen-bond acceptors (Lipinski definition) is 3. The lowest BCUT2D eigenvalue weighted by atomic mass is 10.1. The van der Waals surface area contributed by atoms with E-state index in [-0.39, 0.29) is 5.91 Å². The first kappa shape index (κ1) is 16.8. The van der Waals surface area contributed by atoms with Crippen LogP contribution in [0.2, 0.25) is 0 Å². The number of benzene rings is 2. The molecule has 0 spiro atoms. The van der Waals surface area contributed by atoms with Crippen molar-refractivity contribution in [3.63, 3.8) is 0 Å². The van der Waals surface area contributed by atoms with E-state index in [9.17, 15) is 4.79 Å². The molecule has 1 amide bonds. The van der Waals surface area contributed by atoms with Crippen molar-refractivity contribution in [1.29, 1.82) is 0 Å². The Hall–Kier alpha value is -3.67. The molecule has 0 radical (unpaired) electrons. The number of rotatable bonds is 5. The molecule has 4 rings (SSSR count). The molecule has 0 aliphatic heterocycles. The summed E-state index contributed by atoms with van der Waals surface area (Å²) in [6.45, 7) is 2.02. The molecule has 0 aliphatic carbocycles. The Morgan fingerprint density at radius 1 is 1.04 bits per heavy atom. The third-order valence-electron chi connectivity index (χ3n) is 4.38. The molecule has 0 saturated heterocycles. The van der Waals surface area contributed by atoms with Crippen molar-refractivity contribution < 1.29 is 4.79 Å². The first-order valence-electron chi connectivity index (χ1n) is 8.78. The van der Waals surface area contributed by atoms with Crippen molar-refractivity contribution in [2.75, 3.05) is 5.32 Å². The van der Waals surface area contributed by atoms with Crippen molar-refractivity contribution in [3.8, 4) is 11.4 Å². The molecule has 27 heavy (non-hydrogen) atoms. The Morgan fingerprint density at radius 2 is 1.81 bits per heavy atom. The molecule has 0 saturated carbocycles. The Morgan fingerprint density at radius 3 is 2.48 bits per heavy atom. The van der Waals surface area contributed by atoms with Gasteiger partial charge in [-0.05, 0) is 42.8 Å². The minimum Gasteiger partial charge on any atom is -0.322 e. The highest BCUT2D eigenvalue weighted by atomic mass is 16.1. The summed E-state index contributed by atoms with van der Waals surface area (Å²) in [6.07, 6.45) is 7.67. The summed E-state index contributed by atoms with van der Waals surface area (Å²) in [5.74, 6) is -0.163. The summed E-state index contributed by atoms with van der Waals surface area (Å²) in [5.41, 5.74) is 4.13. The zero-order chi connectivity index (χ0) is 18.6. The smallest absolute Gasteiger partial charge is 0.259 e. The van der Waals surface area contributed by atoms with E-state index < -0.39 is 0 Å². The SMILES string of the molecule is CCc1c(C(=O)Nc2ccc(-n3ccnc3)cc2)cnn1-c1ccccc1. The lowest BCUT2D eigenvalue weighted by Gasteiger charge is -2.09. The van der Waals surface area contributed by atoms with E-state index in [1.165, 1.54) is 0 Å². The summed E-state index contributed by atoms with van der Waals surface area (Å²) in [7, 11) is 0. The largest absolute Gasteiger partial charge is 0.322 e. The molecule has 0 fully saturated rings. The monoisotopic (exact) mass is 357 g/mol. The molecular formula is C21H19N5O. The molecule has 6 nitrogen and oxygen atoms in total. The second-order valence-corrected chi connectivity index (χ2v) is 6.08. The number of carbonyl (C=O) groups excluding carboxylic acids is 1. The van der Waals surface area contributed by atoms with Gasteiger partial charge in [0, 0.05) is 23.8 Å². The summed E-state index contributed by atoms with van der Waals surface area (Å²) >= 11 is 0. The number of nitrogens with one attached hydrogen (secondary N) is 1. The number of carbonyl (C=O) groups is 1. The van der Waals surface area contributed by atoms with Crippen LogP contribution in [-0.4, -0.2) is 25.2 Å². The standard InChI is InChI=1S/C21H19N5O/c1-2-20-19(14-23-26(20)18-6-4-3-5-7-18)21(27)24-16-8-10-17(11-9-16)25-13-12-22-15-25/h3-15H,2H2,1H3,(H,24,27). The highest BCUT2D eigenvalue weighted by Crippen LogP contribution is 2.18. The zero-order valence-corrected chi connectivity index (χ0v) is 14.9. The van der Waals surface area contributed by atoms with Gasteiger partial charge in [-0.3, -0.25) is 4.79 Å². The van der Waals surface area contributed by atoms with E-state index in [0.717, 1.165) is 22.8 Å². The van der Waals surface area contributed by atoms with Gasteiger partial charge in [-0.25, -0.2) is 9.67 Å². The predicted molar refractivity (Wildman–Crippen MR) is 104 cm³/mol. The van der Waals surface area contributed by atoms with Gasteiger partial charge >= 0.3 is 0 Å². The Balaban J connectivity index is 1.56. The maximum atomic E-state index is 12.8. The number of para-hydroxylation sites is 1. The Labute approximate surface area is 157 Å². The van der Waals surface area contributed by atoms with Crippen LogP contribution in [0, 0.1) is 0 Å². The number of hydrogen-bond donors (Lipinski definition) is 1. The number of amides is 1. The lowest BCUT2D eigenvalue weighted by molar-refractivity contribution is 0.102. The fourth-order valence-electron chi connectivity index (χ4n) is 3.02. The summed E-state index contributed by atoms with van der Waals surface area (Å²) in [4.78, 5) is 16.8. The quantitative estimate of drug-likeness (QED) is 0.590. The number of anilines is 1. The van der Waals surface area contributed by atoms with Crippen LogP contribution in [0.4, 0.5) is 5.69 Å². The van der Waals surface area contributed by atoms with E-state index in [1.807, 2.05) is 77.0 Å². The van der Waals surface area contributed by atoms with Crippen LogP contribution < -0.4 is 5.32 Å². The third-order valence-corrected chi connectivity index (χ3v) is 4.38. The maximum Gasteiger partial charge on any atom is 0.259 e. The number of aromatic nitrogens is 4. The van der Waals surface area contributed by atoms with E-state index in [2.05, 4.69) is 15.4 Å². The van der Waals surface area contributed by atoms with E-state index >= 15 is 0 Å². The van der Waals surface area contributed by atoms with Crippen LogP contribution in [0.3, 0.4) is 0 Å². The molecule has 0 unspecified atom stereocenters. The van der Waals surface area contributed by atoms with Crippen LogP contribution in [0.1, 0.15) is 23.0 Å². The molecule has 2 heterocycles. The van der Waals surface area contributed by atoms with E-state index in [0.29, 0.717) is 12.0 Å². The van der Waals surface area contributed by atoms with Gasteiger partial charge in [0.25, 0.3) is 5.91 Å². The van der Waals surface area contributed by atoms with Crippen molar-refractivity contribution in [3.05, 3.63) is 90.8 Å². The molecule has 2 aromatic carbocycles. The van der Waals surface area contributed by atoms with Gasteiger partial charge in [0.1, 0.15) is 0 Å². The van der Waals surface area contributed by atoms with Crippen LogP contribution >= 0.6 is 0 Å². The van der Waals surface area contributed by atoms with Crippen molar-refractivity contribution in [1.82, 2.24) is 19.3 Å². The summed E-state index contributed by atoms with van der Waals surface area (Å²) < 4.78 is 3.72. The van der Waals surface area contributed by atoms with Gasteiger partial charge in [-0.1, -0.05) is 25.1 Å². The van der Waals surface area contributed by atoms with Gasteiger partial charge in [0.2, 0.25) is 0 Å². The molecular weight excluding hydrogens is 338 g/mol. The summed E-state index contributed by atoms with van der Waals surface area (Å²) in [6, 6.07) is 17.4. The second kappa shape index (κ2) is 7.29. The fraction of sp³-hybridized carbons (Fsp3) is 0.0952. The molecule has 0 bridgehead atoms. The van der Waals surface area contributed by atoms with Crippen LogP contribution in [0.25, 0.3) is 11.4 Å². The average molecular weight is 357 g/mol. The van der Waals surface area contributed by atoms with Crippen LogP contribution in [0.15, 0.2) is 79.5 Å². The van der Waals surface area contributed by atoms with Crippen molar-refractivity contribution in [2.45, 2.75) is 13.3 Å². The first-order valence-corrected chi connectivity index (χ1v) is 8.78. The molecule has 0 atom stereocenters. The normalized spacial score (nSPS) is 10.7. The fourth-order valence-corrected chi connectivity index (χ4v) is 3.02. The van der Waals surface area contributed by atoms with Crippen molar-refractivity contribution in [2.24, 2.45) is 0 Å². The highest BCUT2D eigenvalue weighted by Gasteiger charge is 2.17. The van der Waals surface area contributed by atoms with E-state index in [1.54, 1.807) is 18.7 Å². The average Bonchev–Trinajstić information content (AvgIpc) is 3.39. The number of imidazole rings is 1. The topological polar surface area (TPSA) is 64.7 Å².